The molecule has 0 unspecified atom stereocenters. The van der Waals surface area contributed by atoms with Gasteiger partial charge in [0, 0.05) is 47.4 Å². The van der Waals surface area contributed by atoms with E-state index < -0.39 is 4.92 Å². The largest absolute Gasteiger partial charge is 0.271 e. The lowest BCUT2D eigenvalue weighted by Crippen LogP contribution is -2.17. The Kier molecular flexibility index (Phi) is 5.57. The second-order valence-electron chi connectivity index (χ2n) is 6.45. The molecule has 9 nitrogen and oxygen atoms in total. The first-order valence-corrected chi connectivity index (χ1v) is 9.25. The Balaban J connectivity index is 1.65. The molecule has 2 aromatic carbocycles. The summed E-state index contributed by atoms with van der Waals surface area (Å²) in [6.45, 7) is 0. The third-order valence-electron chi connectivity index (χ3n) is 4.43. The van der Waals surface area contributed by atoms with E-state index in [4.69, 9.17) is 0 Å². The van der Waals surface area contributed by atoms with Crippen molar-refractivity contribution in [3.8, 4) is 16.9 Å². The Hall–Kier alpha value is -4.66. The Morgan fingerprint density at radius 3 is 2.42 bits per heavy atom. The maximum atomic E-state index is 12.2. The minimum absolute atomic E-state index is 0.00827. The predicted molar refractivity (Wildman–Crippen MR) is 115 cm³/mol. The lowest BCUT2D eigenvalue weighted by Gasteiger charge is -2.01. The van der Waals surface area contributed by atoms with Crippen LogP contribution in [-0.2, 0) is 0 Å². The summed E-state index contributed by atoms with van der Waals surface area (Å²) in [5.74, 6) is -0.369. The van der Waals surface area contributed by atoms with E-state index in [0.717, 1.165) is 5.69 Å². The van der Waals surface area contributed by atoms with Gasteiger partial charge in [-0.1, -0.05) is 18.2 Å². The van der Waals surface area contributed by atoms with Gasteiger partial charge < -0.3 is 0 Å². The highest BCUT2D eigenvalue weighted by molar-refractivity contribution is 5.95. The molecule has 1 N–H and O–H groups in total. The molecule has 2 aromatic heterocycles. The Morgan fingerprint density at radius 1 is 1.03 bits per heavy atom. The van der Waals surface area contributed by atoms with Crippen molar-refractivity contribution in [2.45, 2.75) is 0 Å². The van der Waals surface area contributed by atoms with Gasteiger partial charge in [-0.3, -0.25) is 19.9 Å². The lowest BCUT2D eigenvalue weighted by atomic mass is 10.1. The standard InChI is InChI=1S/C22H16N6O3/c29-22(17-10-12-23-13-11-17)25-24-14-18-15-27(19-4-2-1-3-5-19)26-21(18)16-6-8-20(9-7-16)28(30)31/h1-15H,(H,25,29)/b24-14-. The number of non-ortho nitro benzene ring substituents is 1. The molecule has 4 aromatic rings. The molecule has 0 spiro atoms. The molecule has 0 atom stereocenters. The summed E-state index contributed by atoms with van der Waals surface area (Å²) < 4.78 is 1.68. The highest BCUT2D eigenvalue weighted by atomic mass is 16.6. The van der Waals surface area contributed by atoms with Crippen molar-refractivity contribution in [2.24, 2.45) is 5.10 Å². The normalized spacial score (nSPS) is 10.8. The molecule has 0 bridgehead atoms. The summed E-state index contributed by atoms with van der Waals surface area (Å²) in [6, 6.07) is 18.8. The monoisotopic (exact) mass is 412 g/mol. The zero-order valence-corrected chi connectivity index (χ0v) is 16.1. The average molecular weight is 412 g/mol. The smallest absolute Gasteiger partial charge is 0.267 e. The topological polar surface area (TPSA) is 115 Å². The van der Waals surface area contributed by atoms with Gasteiger partial charge >= 0.3 is 0 Å². The third-order valence-corrected chi connectivity index (χ3v) is 4.43. The van der Waals surface area contributed by atoms with Gasteiger partial charge in [-0.25, -0.2) is 10.1 Å². The van der Waals surface area contributed by atoms with E-state index in [0.29, 0.717) is 22.4 Å². The second-order valence-corrected chi connectivity index (χ2v) is 6.45. The number of nitro groups is 1. The van der Waals surface area contributed by atoms with Crippen LogP contribution in [0.15, 0.2) is 90.4 Å². The molecule has 0 aliphatic carbocycles. The van der Waals surface area contributed by atoms with Crippen LogP contribution in [0, 0.1) is 10.1 Å². The molecule has 0 saturated carbocycles. The number of benzene rings is 2. The van der Waals surface area contributed by atoms with Crippen molar-refractivity contribution in [3.05, 3.63) is 107 Å². The molecule has 2 heterocycles. The molecule has 4 rings (SSSR count). The van der Waals surface area contributed by atoms with Crippen molar-refractivity contribution in [2.75, 3.05) is 0 Å². The van der Waals surface area contributed by atoms with Crippen molar-refractivity contribution in [3.63, 3.8) is 0 Å². The van der Waals surface area contributed by atoms with Crippen LogP contribution < -0.4 is 5.43 Å². The lowest BCUT2D eigenvalue weighted by molar-refractivity contribution is -0.384. The molecule has 1 amide bonds. The molecule has 0 fully saturated rings. The minimum Gasteiger partial charge on any atom is -0.267 e. The number of pyridine rings is 1. The first kappa shape index (κ1) is 19.6. The van der Waals surface area contributed by atoms with Gasteiger partial charge in [0.15, 0.2) is 0 Å². The summed E-state index contributed by atoms with van der Waals surface area (Å²) in [5.41, 5.74) is 5.62. The molecule has 152 valence electrons. The van der Waals surface area contributed by atoms with E-state index in [9.17, 15) is 14.9 Å². The second kappa shape index (κ2) is 8.78. The van der Waals surface area contributed by atoms with E-state index in [-0.39, 0.29) is 11.6 Å². The summed E-state index contributed by atoms with van der Waals surface area (Å²) >= 11 is 0. The number of hydrogen-bond donors (Lipinski definition) is 1. The number of nitrogens with one attached hydrogen (secondary N) is 1. The highest BCUT2D eigenvalue weighted by Crippen LogP contribution is 2.25. The summed E-state index contributed by atoms with van der Waals surface area (Å²) in [5, 5.41) is 19.6. The molecule has 0 radical (unpaired) electrons. The zero-order valence-electron chi connectivity index (χ0n) is 16.1. The molecule has 0 saturated heterocycles. The first-order valence-electron chi connectivity index (χ1n) is 9.25. The number of para-hydroxylation sites is 1. The van der Waals surface area contributed by atoms with Crippen molar-refractivity contribution >= 4 is 17.8 Å². The Morgan fingerprint density at radius 2 is 1.74 bits per heavy atom. The fourth-order valence-corrected chi connectivity index (χ4v) is 2.89. The predicted octanol–water partition coefficient (Wildman–Crippen LogP) is 3.61. The number of carbonyl (C=O) groups is 1. The van der Waals surface area contributed by atoms with Gasteiger partial charge in [-0.2, -0.15) is 10.2 Å². The fourth-order valence-electron chi connectivity index (χ4n) is 2.89. The van der Waals surface area contributed by atoms with Gasteiger partial charge in [0.2, 0.25) is 0 Å². The van der Waals surface area contributed by atoms with Gasteiger partial charge in [0.05, 0.1) is 16.8 Å². The minimum atomic E-state index is -0.455. The van der Waals surface area contributed by atoms with Crippen LogP contribution in [0.4, 0.5) is 5.69 Å². The number of hydrazone groups is 1. The van der Waals surface area contributed by atoms with E-state index in [1.54, 1.807) is 35.1 Å². The fraction of sp³-hybridized carbons (Fsp3) is 0. The SMILES string of the molecule is O=C(N/N=C\c1cn(-c2ccccc2)nc1-c1ccc([N+](=O)[O-])cc1)c1ccncc1. The van der Waals surface area contributed by atoms with Crippen LogP contribution in [0.5, 0.6) is 0 Å². The third kappa shape index (κ3) is 4.51. The number of rotatable bonds is 6. The summed E-state index contributed by atoms with van der Waals surface area (Å²) in [4.78, 5) is 26.6. The average Bonchev–Trinajstić information content (AvgIpc) is 3.24. The highest BCUT2D eigenvalue weighted by Gasteiger charge is 2.13. The van der Waals surface area contributed by atoms with E-state index in [2.05, 4.69) is 20.6 Å². The summed E-state index contributed by atoms with van der Waals surface area (Å²) in [6.07, 6.45) is 6.31. The van der Waals surface area contributed by atoms with Gasteiger partial charge in [-0.05, 0) is 36.4 Å². The van der Waals surface area contributed by atoms with Crippen LogP contribution in [0.2, 0.25) is 0 Å². The molecule has 31 heavy (non-hydrogen) atoms. The van der Waals surface area contributed by atoms with Gasteiger partial charge in [0.1, 0.15) is 5.69 Å². The van der Waals surface area contributed by atoms with Gasteiger partial charge in [-0.15, -0.1) is 0 Å². The maximum Gasteiger partial charge on any atom is 0.271 e. The van der Waals surface area contributed by atoms with Crippen LogP contribution in [0.3, 0.4) is 0 Å². The van der Waals surface area contributed by atoms with Crippen molar-refractivity contribution in [1.29, 1.82) is 0 Å². The van der Waals surface area contributed by atoms with Crippen LogP contribution >= 0.6 is 0 Å². The van der Waals surface area contributed by atoms with Crippen LogP contribution in [0.25, 0.3) is 16.9 Å². The molecule has 0 aliphatic heterocycles. The number of nitro benzene ring substituents is 1. The first-order chi connectivity index (χ1) is 15.1. The van der Waals surface area contributed by atoms with Crippen molar-refractivity contribution < 1.29 is 9.72 Å². The zero-order chi connectivity index (χ0) is 21.6. The molecular weight excluding hydrogens is 396 g/mol. The van der Waals surface area contributed by atoms with E-state index in [1.807, 2.05) is 30.3 Å². The number of carbonyl (C=O) groups excluding carboxylic acids is 1. The van der Waals surface area contributed by atoms with Crippen LogP contribution in [0.1, 0.15) is 15.9 Å². The number of nitrogens with zero attached hydrogens (tertiary/aromatic N) is 5. The maximum absolute atomic E-state index is 12.2. The Labute approximate surface area is 176 Å². The number of hydrogen-bond acceptors (Lipinski definition) is 6. The number of amides is 1. The van der Waals surface area contributed by atoms with Gasteiger partial charge in [0.25, 0.3) is 11.6 Å². The summed E-state index contributed by atoms with van der Waals surface area (Å²) in [7, 11) is 0. The quantitative estimate of drug-likeness (QED) is 0.295. The van der Waals surface area contributed by atoms with Crippen LogP contribution in [-0.4, -0.2) is 31.8 Å². The molecule has 0 aliphatic rings. The number of aromatic nitrogens is 3. The Bertz CT molecular complexity index is 1240. The van der Waals surface area contributed by atoms with E-state index in [1.165, 1.54) is 30.7 Å². The van der Waals surface area contributed by atoms with E-state index >= 15 is 0 Å². The molecule has 9 heteroatoms. The van der Waals surface area contributed by atoms with Crippen molar-refractivity contribution in [1.82, 2.24) is 20.2 Å². The molecular formula is C22H16N6O3.